The minimum Gasteiger partial charge on any atom is -0.480 e. The van der Waals surface area contributed by atoms with E-state index in [2.05, 4.69) is 18.4 Å². The molecular formula is C43H84NO10P. The van der Waals surface area contributed by atoms with Gasteiger partial charge in [0.25, 0.3) is 0 Å². The summed E-state index contributed by atoms with van der Waals surface area (Å²) in [5, 5.41) is 8.87. The van der Waals surface area contributed by atoms with Crippen LogP contribution < -0.4 is 5.73 Å². The molecule has 0 heterocycles. The molecule has 0 aliphatic heterocycles. The Morgan fingerprint density at radius 3 is 1.15 bits per heavy atom. The number of carbonyl (C=O) groups is 3. The summed E-state index contributed by atoms with van der Waals surface area (Å²) in [7, 11) is -4.70. The molecule has 12 heteroatoms. The lowest BCUT2D eigenvalue weighted by Gasteiger charge is -2.20. The minimum atomic E-state index is -4.70. The van der Waals surface area contributed by atoms with Crippen molar-refractivity contribution >= 4 is 25.7 Å². The van der Waals surface area contributed by atoms with Crippen LogP contribution in [0.25, 0.3) is 0 Å². The second-order valence-electron chi connectivity index (χ2n) is 15.6. The van der Waals surface area contributed by atoms with E-state index >= 15 is 0 Å². The number of rotatable bonds is 43. The molecule has 0 saturated heterocycles. The Kier molecular flexibility index (Phi) is 38.2. The standard InChI is InChI=1S/C43H84NO10P/c1-3-5-7-9-11-13-14-15-16-17-18-19-20-21-22-23-24-25-26-27-29-31-33-35-42(46)54-39(37-52-55(49,50)53-38-40(44)43(47)48)36-51-41(45)34-32-30-28-12-10-8-6-4-2/h39-40H,3-38,44H2,1-2H3,(H,47,48)(H,49,50). The Hall–Kier alpha value is -1.52. The molecule has 3 unspecified atom stereocenters. The van der Waals surface area contributed by atoms with Gasteiger partial charge in [-0.1, -0.05) is 200 Å². The zero-order valence-electron chi connectivity index (χ0n) is 35.3. The summed E-state index contributed by atoms with van der Waals surface area (Å²) >= 11 is 0. The smallest absolute Gasteiger partial charge is 0.472 e. The van der Waals surface area contributed by atoms with Crippen LogP contribution in [0.3, 0.4) is 0 Å². The Morgan fingerprint density at radius 2 is 0.800 bits per heavy atom. The largest absolute Gasteiger partial charge is 0.480 e. The van der Waals surface area contributed by atoms with E-state index in [1.165, 1.54) is 148 Å². The molecule has 0 rings (SSSR count). The number of hydrogen-bond acceptors (Lipinski definition) is 9. The lowest BCUT2D eigenvalue weighted by Crippen LogP contribution is -2.34. The molecule has 0 aliphatic rings. The highest BCUT2D eigenvalue weighted by Crippen LogP contribution is 2.43. The molecule has 3 atom stereocenters. The molecule has 0 aliphatic carbocycles. The van der Waals surface area contributed by atoms with Crippen LogP contribution in [-0.4, -0.2) is 59.9 Å². The van der Waals surface area contributed by atoms with Crippen LogP contribution in [0.2, 0.25) is 0 Å². The maximum Gasteiger partial charge on any atom is 0.472 e. The van der Waals surface area contributed by atoms with Crippen LogP contribution in [0.5, 0.6) is 0 Å². The average Bonchev–Trinajstić information content (AvgIpc) is 3.16. The lowest BCUT2D eigenvalue weighted by atomic mass is 10.0. The fourth-order valence-electron chi connectivity index (χ4n) is 6.54. The van der Waals surface area contributed by atoms with Crippen molar-refractivity contribution in [2.45, 2.75) is 238 Å². The van der Waals surface area contributed by atoms with Crippen LogP contribution in [-0.2, 0) is 37.5 Å². The lowest BCUT2D eigenvalue weighted by molar-refractivity contribution is -0.161. The highest BCUT2D eigenvalue weighted by Gasteiger charge is 2.28. The van der Waals surface area contributed by atoms with Gasteiger partial charge in [-0.3, -0.25) is 23.4 Å². The number of aliphatic carboxylic acids is 1. The Morgan fingerprint density at radius 1 is 0.491 bits per heavy atom. The number of nitrogens with two attached hydrogens (primary N) is 1. The van der Waals surface area contributed by atoms with Gasteiger partial charge < -0.3 is 25.2 Å². The highest BCUT2D eigenvalue weighted by atomic mass is 31.2. The average molecular weight is 806 g/mol. The van der Waals surface area contributed by atoms with E-state index in [4.69, 9.17) is 24.8 Å². The van der Waals surface area contributed by atoms with Gasteiger partial charge in [0.1, 0.15) is 12.6 Å². The number of carboxylic acids is 1. The minimum absolute atomic E-state index is 0.169. The van der Waals surface area contributed by atoms with E-state index in [9.17, 15) is 23.8 Å². The number of carbonyl (C=O) groups excluding carboxylic acids is 2. The molecule has 326 valence electrons. The summed E-state index contributed by atoms with van der Waals surface area (Å²) in [6, 6.07) is -1.52. The number of phosphoric ester groups is 1. The first-order valence-electron chi connectivity index (χ1n) is 22.6. The maximum absolute atomic E-state index is 12.6. The van der Waals surface area contributed by atoms with Crippen LogP contribution in [0.15, 0.2) is 0 Å². The SMILES string of the molecule is CCCCCCCCCCCCCCCCCCCCCCCCCC(=O)OC(COC(=O)CCCCCCCCCC)COP(=O)(O)OCC(N)C(=O)O. The van der Waals surface area contributed by atoms with E-state index in [0.29, 0.717) is 12.8 Å². The van der Waals surface area contributed by atoms with Gasteiger partial charge in [-0.25, -0.2) is 4.57 Å². The molecule has 0 aromatic heterocycles. The van der Waals surface area contributed by atoms with Gasteiger partial charge in [0, 0.05) is 12.8 Å². The van der Waals surface area contributed by atoms with E-state index in [1.807, 2.05) is 0 Å². The van der Waals surface area contributed by atoms with Crippen molar-refractivity contribution in [3.8, 4) is 0 Å². The van der Waals surface area contributed by atoms with Crippen molar-refractivity contribution in [1.82, 2.24) is 0 Å². The van der Waals surface area contributed by atoms with Gasteiger partial charge in [-0.15, -0.1) is 0 Å². The Labute approximate surface area is 335 Å². The number of phosphoric acid groups is 1. The first-order valence-corrected chi connectivity index (χ1v) is 24.1. The summed E-state index contributed by atoms with van der Waals surface area (Å²) in [4.78, 5) is 45.8. The third-order valence-electron chi connectivity index (χ3n) is 10.1. The van der Waals surface area contributed by atoms with Crippen LogP contribution in [0, 0.1) is 0 Å². The summed E-state index contributed by atoms with van der Waals surface area (Å²) in [6.45, 7) is 2.79. The normalized spacial score (nSPS) is 13.7. The number of ether oxygens (including phenoxy) is 2. The molecule has 0 bridgehead atoms. The summed E-state index contributed by atoms with van der Waals surface area (Å²) in [6.07, 6.45) is 37.7. The van der Waals surface area contributed by atoms with Gasteiger partial charge in [0.2, 0.25) is 0 Å². The van der Waals surface area contributed by atoms with E-state index < -0.39 is 51.1 Å². The molecule has 11 nitrogen and oxygen atoms in total. The van der Waals surface area contributed by atoms with Crippen molar-refractivity contribution in [2.24, 2.45) is 5.73 Å². The van der Waals surface area contributed by atoms with Crippen molar-refractivity contribution in [3.05, 3.63) is 0 Å². The van der Waals surface area contributed by atoms with Crippen molar-refractivity contribution in [1.29, 1.82) is 0 Å². The van der Waals surface area contributed by atoms with E-state index in [1.54, 1.807) is 0 Å². The topological polar surface area (TPSA) is 172 Å². The maximum atomic E-state index is 12.6. The molecule has 0 saturated carbocycles. The van der Waals surface area contributed by atoms with Gasteiger partial charge in [0.05, 0.1) is 13.2 Å². The predicted octanol–water partition coefficient (Wildman–Crippen LogP) is 11.9. The zero-order valence-corrected chi connectivity index (χ0v) is 36.2. The fourth-order valence-corrected chi connectivity index (χ4v) is 7.32. The van der Waals surface area contributed by atoms with E-state index in [-0.39, 0.29) is 19.4 Å². The molecule has 0 fully saturated rings. The first-order chi connectivity index (χ1) is 26.6. The van der Waals surface area contributed by atoms with Gasteiger partial charge in [-0.2, -0.15) is 0 Å². The van der Waals surface area contributed by atoms with Crippen molar-refractivity contribution in [3.63, 3.8) is 0 Å². The Balaban J connectivity index is 4.11. The number of esters is 2. The monoisotopic (exact) mass is 806 g/mol. The van der Waals surface area contributed by atoms with Crippen LogP contribution in [0.4, 0.5) is 0 Å². The fraction of sp³-hybridized carbons (Fsp3) is 0.930. The third kappa shape index (κ3) is 39.1. The number of hydrogen-bond donors (Lipinski definition) is 3. The van der Waals surface area contributed by atoms with Gasteiger partial charge >= 0.3 is 25.7 Å². The van der Waals surface area contributed by atoms with Crippen molar-refractivity contribution < 1.29 is 47.5 Å². The second kappa shape index (κ2) is 39.3. The van der Waals surface area contributed by atoms with Crippen LogP contribution in [0.1, 0.15) is 226 Å². The zero-order chi connectivity index (χ0) is 40.7. The quantitative estimate of drug-likeness (QED) is 0.0304. The van der Waals surface area contributed by atoms with Gasteiger partial charge in [-0.05, 0) is 12.8 Å². The molecule has 4 N–H and O–H groups in total. The van der Waals surface area contributed by atoms with Crippen molar-refractivity contribution in [2.75, 3.05) is 19.8 Å². The summed E-state index contributed by atoms with van der Waals surface area (Å²) < 4.78 is 32.6. The molecule has 0 radical (unpaired) electrons. The van der Waals surface area contributed by atoms with Gasteiger partial charge in [0.15, 0.2) is 6.10 Å². The molecule has 0 amide bonds. The number of carboxylic acid groups (broad SMARTS) is 1. The molecular weight excluding hydrogens is 721 g/mol. The summed E-state index contributed by atoms with van der Waals surface area (Å²) in [5.74, 6) is -2.36. The third-order valence-corrected chi connectivity index (χ3v) is 11.1. The first kappa shape index (κ1) is 53.5. The molecule has 0 spiro atoms. The molecule has 0 aromatic rings. The Bertz CT molecular complexity index is 952. The molecule has 55 heavy (non-hydrogen) atoms. The predicted molar refractivity (Wildman–Crippen MR) is 222 cm³/mol. The molecule has 0 aromatic carbocycles. The second-order valence-corrected chi connectivity index (χ2v) is 17.0. The highest BCUT2D eigenvalue weighted by molar-refractivity contribution is 7.47. The van der Waals surface area contributed by atoms with Crippen LogP contribution >= 0.6 is 7.82 Å². The van der Waals surface area contributed by atoms with E-state index in [0.717, 1.165) is 38.5 Å². The number of unbranched alkanes of at least 4 members (excludes halogenated alkanes) is 29. The summed E-state index contributed by atoms with van der Waals surface area (Å²) in [5.41, 5.74) is 5.32.